The second-order valence-electron chi connectivity index (χ2n) is 2.89. The Morgan fingerprint density at radius 2 is 2.60 bits per heavy atom. The van der Waals surface area contributed by atoms with E-state index in [0.29, 0.717) is 6.04 Å². The summed E-state index contributed by atoms with van der Waals surface area (Å²) in [5.41, 5.74) is 0. The molecule has 1 aliphatic heterocycles. The van der Waals surface area contributed by atoms with Crippen LogP contribution < -0.4 is 5.32 Å². The summed E-state index contributed by atoms with van der Waals surface area (Å²) in [5.74, 6) is 1.19. The molecule has 1 saturated heterocycles. The fourth-order valence-electron chi connectivity index (χ4n) is 1.58. The summed E-state index contributed by atoms with van der Waals surface area (Å²) in [6.45, 7) is 2.01. The highest BCUT2D eigenvalue weighted by Crippen LogP contribution is 2.21. The Labute approximate surface area is 61.3 Å². The van der Waals surface area contributed by atoms with Gasteiger partial charge in [0.25, 0.3) is 0 Å². The standard InChI is InChI=1S/C8H13NO/c1-3-7-8(4-1)10-6-2-5-9-7/h4,7,9H,1-3,5-6H2. The lowest BCUT2D eigenvalue weighted by molar-refractivity contribution is 0.209. The van der Waals surface area contributed by atoms with Gasteiger partial charge in [0.2, 0.25) is 0 Å². The first-order chi connectivity index (χ1) is 4.97. The fraction of sp³-hybridized carbons (Fsp3) is 0.750. The zero-order chi connectivity index (χ0) is 6.81. The molecule has 1 fully saturated rings. The molecule has 2 nitrogen and oxygen atoms in total. The van der Waals surface area contributed by atoms with Gasteiger partial charge in [-0.15, -0.1) is 0 Å². The van der Waals surface area contributed by atoms with Crippen LogP contribution in [0.25, 0.3) is 0 Å². The highest BCUT2D eigenvalue weighted by atomic mass is 16.5. The number of ether oxygens (including phenoxy) is 1. The molecule has 0 amide bonds. The van der Waals surface area contributed by atoms with E-state index < -0.39 is 0 Å². The van der Waals surface area contributed by atoms with Gasteiger partial charge in [-0.2, -0.15) is 0 Å². The smallest absolute Gasteiger partial charge is 0.109 e. The third-order valence-corrected chi connectivity index (χ3v) is 2.12. The largest absolute Gasteiger partial charge is 0.497 e. The summed E-state index contributed by atoms with van der Waals surface area (Å²) < 4.78 is 5.53. The van der Waals surface area contributed by atoms with E-state index in [1.165, 1.54) is 18.6 Å². The monoisotopic (exact) mass is 139 g/mol. The van der Waals surface area contributed by atoms with Crippen molar-refractivity contribution in [3.05, 3.63) is 11.8 Å². The zero-order valence-electron chi connectivity index (χ0n) is 6.10. The van der Waals surface area contributed by atoms with E-state index >= 15 is 0 Å². The molecule has 0 aromatic carbocycles. The summed E-state index contributed by atoms with van der Waals surface area (Å²) in [5, 5.41) is 3.45. The van der Waals surface area contributed by atoms with Crippen LogP contribution in [-0.4, -0.2) is 19.2 Å². The van der Waals surface area contributed by atoms with E-state index in [4.69, 9.17) is 4.74 Å². The van der Waals surface area contributed by atoms with E-state index in [0.717, 1.165) is 19.6 Å². The predicted molar refractivity (Wildman–Crippen MR) is 39.7 cm³/mol. The van der Waals surface area contributed by atoms with Crippen molar-refractivity contribution in [3.8, 4) is 0 Å². The molecule has 56 valence electrons. The lowest BCUT2D eigenvalue weighted by Gasteiger charge is -2.10. The van der Waals surface area contributed by atoms with Gasteiger partial charge in [0, 0.05) is 0 Å². The maximum absolute atomic E-state index is 5.53. The van der Waals surface area contributed by atoms with E-state index in [9.17, 15) is 0 Å². The van der Waals surface area contributed by atoms with E-state index in [2.05, 4.69) is 11.4 Å². The van der Waals surface area contributed by atoms with Crippen LogP contribution >= 0.6 is 0 Å². The van der Waals surface area contributed by atoms with Gasteiger partial charge >= 0.3 is 0 Å². The van der Waals surface area contributed by atoms with Crippen LogP contribution in [0.3, 0.4) is 0 Å². The average molecular weight is 139 g/mol. The first-order valence-electron chi connectivity index (χ1n) is 4.03. The number of rotatable bonds is 0. The van der Waals surface area contributed by atoms with Crippen LogP contribution in [0, 0.1) is 0 Å². The molecular weight excluding hydrogens is 126 g/mol. The summed E-state index contributed by atoms with van der Waals surface area (Å²) in [7, 11) is 0. The second-order valence-corrected chi connectivity index (χ2v) is 2.89. The van der Waals surface area contributed by atoms with Crippen molar-refractivity contribution in [1.29, 1.82) is 0 Å². The van der Waals surface area contributed by atoms with Crippen molar-refractivity contribution in [2.45, 2.75) is 25.3 Å². The van der Waals surface area contributed by atoms with Crippen LogP contribution in [0.5, 0.6) is 0 Å². The molecule has 2 rings (SSSR count). The zero-order valence-corrected chi connectivity index (χ0v) is 6.10. The molecule has 1 N–H and O–H groups in total. The SMILES string of the molecule is C1=C2OCCCNC2CC1. The lowest BCUT2D eigenvalue weighted by Crippen LogP contribution is -2.27. The maximum atomic E-state index is 5.53. The molecule has 2 aliphatic rings. The molecule has 0 radical (unpaired) electrons. The summed E-state index contributed by atoms with van der Waals surface area (Å²) in [6, 6.07) is 0.544. The quantitative estimate of drug-likeness (QED) is 0.541. The van der Waals surface area contributed by atoms with Crippen molar-refractivity contribution in [3.63, 3.8) is 0 Å². The molecule has 0 saturated carbocycles. The van der Waals surface area contributed by atoms with E-state index in [-0.39, 0.29) is 0 Å². The molecule has 2 heteroatoms. The van der Waals surface area contributed by atoms with E-state index in [1.807, 2.05) is 0 Å². The van der Waals surface area contributed by atoms with Crippen molar-refractivity contribution >= 4 is 0 Å². The molecule has 10 heavy (non-hydrogen) atoms. The fourth-order valence-corrected chi connectivity index (χ4v) is 1.58. The van der Waals surface area contributed by atoms with Gasteiger partial charge in [-0.1, -0.05) is 0 Å². The van der Waals surface area contributed by atoms with Gasteiger partial charge in [0.15, 0.2) is 0 Å². The van der Waals surface area contributed by atoms with Crippen LogP contribution in [-0.2, 0) is 4.74 Å². The Kier molecular flexibility index (Phi) is 1.63. The predicted octanol–water partition coefficient (Wildman–Crippen LogP) is 1.04. The number of hydrogen-bond donors (Lipinski definition) is 1. The van der Waals surface area contributed by atoms with Crippen molar-refractivity contribution in [1.82, 2.24) is 5.32 Å². The van der Waals surface area contributed by atoms with Crippen LogP contribution in [0.1, 0.15) is 19.3 Å². The Morgan fingerprint density at radius 3 is 3.60 bits per heavy atom. The average Bonchev–Trinajstić information content (AvgIpc) is 2.28. The minimum absolute atomic E-state index is 0.544. The summed E-state index contributed by atoms with van der Waals surface area (Å²) in [4.78, 5) is 0. The third-order valence-electron chi connectivity index (χ3n) is 2.12. The Bertz CT molecular complexity index is 153. The van der Waals surface area contributed by atoms with Gasteiger partial charge in [0.1, 0.15) is 5.76 Å². The molecule has 0 aromatic rings. The van der Waals surface area contributed by atoms with Crippen LogP contribution in [0.2, 0.25) is 0 Å². The Morgan fingerprint density at radius 1 is 1.60 bits per heavy atom. The van der Waals surface area contributed by atoms with Gasteiger partial charge in [-0.25, -0.2) is 0 Å². The lowest BCUT2D eigenvalue weighted by atomic mass is 10.2. The molecule has 0 spiro atoms. The molecule has 1 heterocycles. The number of allylic oxidation sites excluding steroid dienone is 1. The summed E-state index contributed by atoms with van der Waals surface area (Å²) in [6.07, 6.45) is 5.78. The highest BCUT2D eigenvalue weighted by molar-refractivity contribution is 5.10. The minimum atomic E-state index is 0.544. The number of nitrogens with one attached hydrogen (secondary N) is 1. The van der Waals surface area contributed by atoms with Gasteiger partial charge < -0.3 is 10.1 Å². The van der Waals surface area contributed by atoms with E-state index in [1.54, 1.807) is 0 Å². The van der Waals surface area contributed by atoms with Crippen molar-refractivity contribution in [2.24, 2.45) is 0 Å². The molecule has 1 unspecified atom stereocenters. The van der Waals surface area contributed by atoms with Gasteiger partial charge in [-0.3, -0.25) is 0 Å². The van der Waals surface area contributed by atoms with Gasteiger partial charge in [-0.05, 0) is 31.9 Å². The van der Waals surface area contributed by atoms with Gasteiger partial charge in [0.05, 0.1) is 12.6 Å². The molecule has 1 atom stereocenters. The number of hydrogen-bond acceptors (Lipinski definition) is 2. The van der Waals surface area contributed by atoms with Crippen molar-refractivity contribution < 1.29 is 4.74 Å². The third kappa shape index (κ3) is 1.03. The Hall–Kier alpha value is -0.500. The molecule has 0 bridgehead atoms. The first-order valence-corrected chi connectivity index (χ1v) is 4.03. The van der Waals surface area contributed by atoms with Crippen LogP contribution in [0.15, 0.2) is 11.8 Å². The maximum Gasteiger partial charge on any atom is 0.109 e. The number of fused-ring (bicyclic) bond motifs is 1. The molecule has 1 aliphatic carbocycles. The second kappa shape index (κ2) is 2.62. The van der Waals surface area contributed by atoms with Crippen LogP contribution in [0.4, 0.5) is 0 Å². The normalized spacial score (nSPS) is 32.0. The minimum Gasteiger partial charge on any atom is -0.497 e. The first kappa shape index (κ1) is 6.23. The summed E-state index contributed by atoms with van der Waals surface area (Å²) >= 11 is 0. The molecule has 0 aromatic heterocycles. The topological polar surface area (TPSA) is 21.3 Å². The highest BCUT2D eigenvalue weighted by Gasteiger charge is 2.21. The van der Waals surface area contributed by atoms with Crippen molar-refractivity contribution in [2.75, 3.05) is 13.2 Å². The Balaban J connectivity index is 2.06. The molecular formula is C8H13NO.